The first kappa shape index (κ1) is 20.1. The van der Waals surface area contributed by atoms with E-state index >= 15 is 0 Å². The Morgan fingerprint density at radius 3 is 2.41 bits per heavy atom. The molecule has 0 saturated carbocycles. The maximum absolute atomic E-state index is 13.0. The van der Waals surface area contributed by atoms with Crippen LogP contribution in [-0.2, 0) is 4.79 Å². The second-order valence-electron chi connectivity index (χ2n) is 6.25. The number of anilines is 2. The second kappa shape index (κ2) is 8.15. The third-order valence-electron chi connectivity index (χ3n) is 4.04. The lowest BCUT2D eigenvalue weighted by Crippen LogP contribution is -2.37. The minimum absolute atomic E-state index is 0.0960. The summed E-state index contributed by atoms with van der Waals surface area (Å²) >= 11 is 1.49. The summed E-state index contributed by atoms with van der Waals surface area (Å²) in [6.07, 6.45) is 1.67. The van der Waals surface area contributed by atoms with Crippen molar-refractivity contribution in [1.82, 2.24) is 10.6 Å². The first-order chi connectivity index (χ1) is 13.8. The number of carboxylic acids is 1. The largest absolute Gasteiger partial charge is 0.478 e. The van der Waals surface area contributed by atoms with Crippen molar-refractivity contribution in [2.45, 2.75) is 0 Å². The number of nitrogens with zero attached hydrogens (tertiary/aromatic N) is 3. The number of benzene rings is 1. The Kier molecular flexibility index (Phi) is 5.64. The highest BCUT2D eigenvalue weighted by Gasteiger charge is 2.32. The number of aromatic carboxylic acids is 1. The second-order valence-corrected chi connectivity index (χ2v) is 7.34. The van der Waals surface area contributed by atoms with Gasteiger partial charge < -0.3 is 15.3 Å². The number of hydrogen-bond acceptors (Lipinski definition) is 6. The minimum Gasteiger partial charge on any atom is -0.478 e. The Balaban J connectivity index is 1.97. The van der Waals surface area contributed by atoms with Crippen LogP contribution in [-0.4, -0.2) is 50.0 Å². The Bertz CT molecular complexity index is 1020. The van der Waals surface area contributed by atoms with Crippen LogP contribution in [0.25, 0.3) is 6.08 Å². The first-order valence-corrected chi connectivity index (χ1v) is 9.36. The maximum atomic E-state index is 13.0. The van der Waals surface area contributed by atoms with E-state index in [4.69, 9.17) is 5.11 Å². The highest BCUT2D eigenvalue weighted by atomic mass is 32.1. The average Bonchev–Trinajstić information content (AvgIpc) is 3.28. The number of carbonyl (C=O) groups excluding carboxylic acids is 2. The topological polar surface area (TPSA) is 114 Å². The van der Waals surface area contributed by atoms with E-state index in [1.807, 2.05) is 31.1 Å². The summed E-state index contributed by atoms with van der Waals surface area (Å²) in [6.45, 7) is 0. The van der Waals surface area contributed by atoms with Crippen molar-refractivity contribution >= 4 is 51.8 Å². The van der Waals surface area contributed by atoms with E-state index in [-0.39, 0.29) is 17.0 Å². The van der Waals surface area contributed by atoms with E-state index in [2.05, 4.69) is 15.7 Å². The summed E-state index contributed by atoms with van der Waals surface area (Å²) in [5, 5.41) is 20.4. The number of hydrazone groups is 1. The number of amides is 3. The number of carboxylic acid groups (broad SMARTS) is 1. The standard InChI is InChI=1S/C19H19N5O4S/c1-20-19(28)21-16-14(10-13-8-9-15(29-13)23(2)3)17(25)24(22-16)12-6-4-11(5-7-12)18(26)27/h4-10H,1-3H3,(H,26,27)(H2,20,21,22,28)/b14-10+. The molecule has 1 aliphatic rings. The summed E-state index contributed by atoms with van der Waals surface area (Å²) < 4.78 is 0. The molecule has 1 aliphatic heterocycles. The third kappa shape index (κ3) is 4.27. The molecular weight excluding hydrogens is 394 g/mol. The summed E-state index contributed by atoms with van der Waals surface area (Å²) in [5.41, 5.74) is 0.710. The van der Waals surface area contributed by atoms with Crippen LogP contribution in [0.5, 0.6) is 0 Å². The van der Waals surface area contributed by atoms with Gasteiger partial charge in [-0.15, -0.1) is 16.4 Å². The monoisotopic (exact) mass is 413 g/mol. The van der Waals surface area contributed by atoms with Crippen molar-refractivity contribution in [2.24, 2.45) is 5.10 Å². The maximum Gasteiger partial charge on any atom is 0.335 e. The van der Waals surface area contributed by atoms with Crippen molar-refractivity contribution < 1.29 is 19.5 Å². The Hall–Kier alpha value is -3.66. The highest BCUT2D eigenvalue weighted by Crippen LogP contribution is 2.29. The van der Waals surface area contributed by atoms with Crippen molar-refractivity contribution in [3.63, 3.8) is 0 Å². The van der Waals surface area contributed by atoms with Crippen molar-refractivity contribution in [1.29, 1.82) is 0 Å². The smallest absolute Gasteiger partial charge is 0.335 e. The molecule has 10 heteroatoms. The third-order valence-corrected chi connectivity index (χ3v) is 5.24. The molecule has 0 aliphatic carbocycles. The van der Waals surface area contributed by atoms with Gasteiger partial charge in [-0.05, 0) is 42.5 Å². The Morgan fingerprint density at radius 2 is 1.86 bits per heavy atom. The van der Waals surface area contributed by atoms with Crippen LogP contribution in [0.3, 0.4) is 0 Å². The van der Waals surface area contributed by atoms with E-state index < -0.39 is 17.9 Å². The van der Waals surface area contributed by atoms with Gasteiger partial charge >= 0.3 is 12.0 Å². The SMILES string of the molecule is CNC(=O)NC1=NN(c2ccc(C(=O)O)cc2)C(=O)/C1=C/c1ccc(N(C)C)s1. The van der Waals surface area contributed by atoms with E-state index in [0.29, 0.717) is 5.69 Å². The van der Waals surface area contributed by atoms with Crippen LogP contribution in [0.15, 0.2) is 47.1 Å². The average molecular weight is 413 g/mol. The highest BCUT2D eigenvalue weighted by molar-refractivity contribution is 7.17. The minimum atomic E-state index is -1.07. The van der Waals surface area contributed by atoms with Gasteiger partial charge in [0, 0.05) is 26.0 Å². The molecule has 0 spiro atoms. The fraction of sp³-hybridized carbons (Fsp3) is 0.158. The molecule has 9 nitrogen and oxygen atoms in total. The fourth-order valence-electron chi connectivity index (χ4n) is 2.53. The number of urea groups is 1. The molecule has 3 amide bonds. The van der Waals surface area contributed by atoms with Gasteiger partial charge in [-0.1, -0.05) is 0 Å². The van der Waals surface area contributed by atoms with Gasteiger partial charge in [0.15, 0.2) is 5.84 Å². The summed E-state index contributed by atoms with van der Waals surface area (Å²) in [7, 11) is 5.30. The predicted octanol–water partition coefficient (Wildman–Crippen LogP) is 2.18. The van der Waals surface area contributed by atoms with Crippen LogP contribution in [0, 0.1) is 0 Å². The molecule has 0 fully saturated rings. The molecule has 29 heavy (non-hydrogen) atoms. The van der Waals surface area contributed by atoms with Gasteiger partial charge in [0.25, 0.3) is 5.91 Å². The van der Waals surface area contributed by atoms with Gasteiger partial charge in [0.1, 0.15) is 0 Å². The van der Waals surface area contributed by atoms with Crippen molar-refractivity contribution in [3.05, 3.63) is 52.4 Å². The molecule has 0 atom stereocenters. The summed E-state index contributed by atoms with van der Waals surface area (Å²) in [6, 6.07) is 9.05. The number of carbonyl (C=O) groups is 3. The fourth-order valence-corrected chi connectivity index (χ4v) is 3.40. The van der Waals surface area contributed by atoms with Gasteiger partial charge in [0.2, 0.25) is 0 Å². The van der Waals surface area contributed by atoms with Crippen LogP contribution in [0.1, 0.15) is 15.2 Å². The van der Waals surface area contributed by atoms with Crippen LogP contribution < -0.4 is 20.5 Å². The first-order valence-electron chi connectivity index (χ1n) is 8.54. The predicted molar refractivity (Wildman–Crippen MR) is 113 cm³/mol. The van der Waals surface area contributed by atoms with Crippen molar-refractivity contribution in [2.75, 3.05) is 31.1 Å². The Labute approximate surface area is 170 Å². The quantitative estimate of drug-likeness (QED) is 0.665. The molecular formula is C19H19N5O4S. The lowest BCUT2D eigenvalue weighted by Gasteiger charge is -2.11. The number of thiophene rings is 1. The number of nitrogens with one attached hydrogen (secondary N) is 2. The molecule has 0 unspecified atom stereocenters. The zero-order valence-corrected chi connectivity index (χ0v) is 16.8. The lowest BCUT2D eigenvalue weighted by molar-refractivity contribution is -0.114. The molecule has 1 aromatic carbocycles. The van der Waals surface area contributed by atoms with Crippen molar-refractivity contribution in [3.8, 4) is 0 Å². The van der Waals surface area contributed by atoms with E-state index in [9.17, 15) is 14.4 Å². The molecule has 2 aromatic rings. The summed E-state index contributed by atoms with van der Waals surface area (Å²) in [5.74, 6) is -1.39. The van der Waals surface area contributed by atoms with Gasteiger partial charge in [-0.25, -0.2) is 9.59 Å². The summed E-state index contributed by atoms with van der Waals surface area (Å²) in [4.78, 5) is 38.6. The molecule has 1 aromatic heterocycles. The molecule has 3 rings (SSSR count). The van der Waals surface area contributed by atoms with Crippen LogP contribution in [0.4, 0.5) is 15.5 Å². The van der Waals surface area contributed by atoms with E-state index in [1.165, 1.54) is 42.6 Å². The molecule has 0 saturated heterocycles. The van der Waals surface area contributed by atoms with Gasteiger partial charge in [0.05, 0.1) is 21.8 Å². The molecule has 150 valence electrons. The van der Waals surface area contributed by atoms with Gasteiger partial charge in [-0.3, -0.25) is 10.1 Å². The zero-order chi connectivity index (χ0) is 21.1. The molecule has 3 N–H and O–H groups in total. The zero-order valence-electron chi connectivity index (χ0n) is 16.0. The number of amidine groups is 1. The lowest BCUT2D eigenvalue weighted by atomic mass is 10.1. The van der Waals surface area contributed by atoms with E-state index in [0.717, 1.165) is 14.9 Å². The molecule has 0 radical (unpaired) electrons. The molecule has 0 bridgehead atoms. The van der Waals surface area contributed by atoms with Gasteiger partial charge in [-0.2, -0.15) is 5.01 Å². The van der Waals surface area contributed by atoms with E-state index in [1.54, 1.807) is 6.08 Å². The number of rotatable bonds is 4. The number of hydrogen-bond donors (Lipinski definition) is 3. The normalized spacial score (nSPS) is 14.7. The molecule has 2 heterocycles. The Morgan fingerprint density at radius 1 is 1.17 bits per heavy atom. The van der Waals surface area contributed by atoms with Crippen LogP contribution in [0.2, 0.25) is 0 Å². The van der Waals surface area contributed by atoms with Crippen LogP contribution >= 0.6 is 11.3 Å².